The van der Waals surface area contributed by atoms with Crippen LogP contribution in [0.3, 0.4) is 0 Å². The number of rotatable bonds is 40. The van der Waals surface area contributed by atoms with Gasteiger partial charge in [0.05, 0.1) is 90.9 Å². The predicted octanol–water partition coefficient (Wildman–Crippen LogP) is -24.9. The molecule has 830 valence electrons. The van der Waals surface area contributed by atoms with E-state index in [1.807, 2.05) is 0 Å². The van der Waals surface area contributed by atoms with Crippen molar-refractivity contribution in [2.75, 3.05) is 72.7 Å². The van der Waals surface area contributed by atoms with Gasteiger partial charge in [-0.3, -0.25) is 19.2 Å². The fraction of sp³-hybridized carbons (Fsp3) is 0.950. The molecule has 0 saturated carbocycles. The van der Waals surface area contributed by atoms with Crippen LogP contribution in [0.25, 0.3) is 0 Å². The minimum atomic E-state index is -2.71. The van der Waals surface area contributed by atoms with Crippen LogP contribution in [0.15, 0.2) is 0 Å². The van der Waals surface area contributed by atoms with Crippen molar-refractivity contribution in [1.82, 2.24) is 21.3 Å². The first-order valence-electron chi connectivity index (χ1n) is 45.8. The van der Waals surface area contributed by atoms with E-state index in [1.165, 1.54) is 13.8 Å². The number of hydrogen-bond acceptors (Lipinski definition) is 59. The molecule has 37 N–H and O–H groups in total. The first kappa shape index (κ1) is 119. The molecule has 143 heavy (non-hydrogen) atoms. The Bertz CT molecular complexity index is 3900. The number of aliphatic hydroxyl groups is 33. The molecule has 0 bridgehead atoms. The van der Waals surface area contributed by atoms with E-state index in [9.17, 15) is 188 Å². The van der Waals surface area contributed by atoms with Crippen LogP contribution >= 0.6 is 0 Å². The van der Waals surface area contributed by atoms with Crippen LogP contribution in [0, 0.1) is 0 Å². The lowest BCUT2D eigenvalue weighted by Gasteiger charge is -2.51. The smallest absolute Gasteiger partial charge is 0.217 e. The summed E-state index contributed by atoms with van der Waals surface area (Å²) in [5.41, 5.74) is 0. The third-order valence-electron chi connectivity index (χ3n) is 26.3. The van der Waals surface area contributed by atoms with Crippen molar-refractivity contribution in [3.63, 3.8) is 0 Å². The lowest BCUT2D eigenvalue weighted by Crippen LogP contribution is -2.70. The molecule has 11 aliphatic rings. The predicted molar refractivity (Wildman–Crippen MR) is 441 cm³/mol. The van der Waals surface area contributed by atoms with Gasteiger partial charge in [0.1, 0.15) is 274 Å². The van der Waals surface area contributed by atoms with Crippen LogP contribution in [0.4, 0.5) is 0 Å². The minimum Gasteiger partial charge on any atom is -0.394 e. The molecule has 63 nitrogen and oxygen atoms in total. The molecule has 0 aromatic carbocycles. The van der Waals surface area contributed by atoms with Gasteiger partial charge in [-0.25, -0.2) is 0 Å². The molecular formula is C80H136N4O59. The highest BCUT2D eigenvalue weighted by Gasteiger charge is 2.63. The normalized spacial score (nSPS) is 48.3. The number of amides is 4. The average molecular weight is 2100 g/mol. The summed E-state index contributed by atoms with van der Waals surface area (Å²) >= 11 is 0. The van der Waals surface area contributed by atoms with Crippen LogP contribution in [0.5, 0.6) is 0 Å². The Labute approximate surface area is 810 Å². The summed E-state index contributed by atoms with van der Waals surface area (Å²) in [4.78, 5) is 52.4. The van der Waals surface area contributed by atoms with Crippen molar-refractivity contribution >= 4 is 23.6 Å². The van der Waals surface area contributed by atoms with E-state index in [0.29, 0.717) is 0 Å². The largest absolute Gasteiger partial charge is 0.394 e. The Morgan fingerprint density at radius 1 is 0.259 bits per heavy atom. The number of ether oxygens (including phenoxy) is 22. The Kier molecular flexibility index (Phi) is 43.5. The van der Waals surface area contributed by atoms with Gasteiger partial charge in [-0.1, -0.05) is 0 Å². The number of hydrogen-bond donors (Lipinski definition) is 37. The molecule has 0 aromatic rings. The van der Waals surface area contributed by atoms with Gasteiger partial charge in [-0.2, -0.15) is 0 Å². The molecular weight excluding hydrogens is 1960 g/mol. The van der Waals surface area contributed by atoms with E-state index in [1.54, 1.807) is 0 Å². The van der Waals surface area contributed by atoms with E-state index in [-0.39, 0.29) is 0 Å². The monoisotopic (exact) mass is 2100 g/mol. The van der Waals surface area contributed by atoms with E-state index in [0.717, 1.165) is 27.7 Å². The molecule has 11 heterocycles. The van der Waals surface area contributed by atoms with Gasteiger partial charge in [0, 0.05) is 27.7 Å². The van der Waals surface area contributed by atoms with Crippen molar-refractivity contribution < 1.29 is 292 Å². The van der Waals surface area contributed by atoms with Gasteiger partial charge >= 0.3 is 0 Å². The average Bonchev–Trinajstić information content (AvgIpc) is 0.755. The van der Waals surface area contributed by atoms with Crippen LogP contribution in [-0.4, -0.2) is 627 Å². The number of aliphatic hydroxyl groups excluding tert-OH is 33. The van der Waals surface area contributed by atoms with E-state index in [2.05, 4.69) is 21.3 Å². The standard InChI is InChI=1S/C80H136N4O59/c1-18-38(99)50(111)56(117)73(124-18)122-16-25(98)61(40(101)24(7-85)81-20(3)94)135-70-35(82-21(4)95)47(108)63(32(14-92)131-70)137-77-60(121)65(139-79-68(55(116)44(105)29(11-89)129-79)142-72-36(83-22(5)96)48(109)62(31(13-91)132-72)136-75-58(119)52(113)41(102)26(8-86)126-75)46(107)34(134-77)17-123-78-67(54(115)43(104)28(10-88)128-78)141-71-37(84-23(6)97)49(110)64(33(15-93)133-71)138-80-69(143-74-57(118)51(112)39(100)19(2)125-74)66(45(106)30(12-90)130-80)140-76-59(120)53(114)42(103)27(9-87)127-76/h18-19,24-80,85-93,98-121H,7-17H2,1-6H3,(H,81,94)(H,82,95)(H,83,96)(H,84,97)/t18-,19-,24-,25+,26+,27+,28+,29+,30+,31+,32+,33+,34+,35+,36+,37+,38+,39+,40+,41-,42-,43+,44+,45-,46+,47+,48+,49+,50+,51+,52-,53-,54-,55-,56-,57-,58+,59+,60-,61+,62+,63+,64+,65-,66-,67-,68-,69+,70-,71-,72-,73+,74-,75-,76+,77-,78-,79+,80-/m0/s1. The van der Waals surface area contributed by atoms with E-state index < -0.39 is 458 Å². The Morgan fingerprint density at radius 2 is 0.552 bits per heavy atom. The summed E-state index contributed by atoms with van der Waals surface area (Å²) in [6, 6.07) is -8.10. The Balaban J connectivity index is 0.932. The first-order valence-corrected chi connectivity index (χ1v) is 45.8. The quantitative estimate of drug-likeness (QED) is 0.0271. The minimum absolute atomic E-state index is 0.865. The summed E-state index contributed by atoms with van der Waals surface area (Å²) in [6.45, 7) is -7.06. The zero-order valence-electron chi connectivity index (χ0n) is 77.2. The number of nitrogens with one attached hydrogen (secondary N) is 4. The molecule has 4 amide bonds. The maximum absolute atomic E-state index is 13.4. The third kappa shape index (κ3) is 26.8. The second-order valence-electron chi connectivity index (χ2n) is 36.4. The number of carbonyl (C=O) groups is 4. The highest BCUT2D eigenvalue weighted by molar-refractivity contribution is 5.74. The van der Waals surface area contributed by atoms with Crippen LogP contribution < -0.4 is 21.3 Å². The van der Waals surface area contributed by atoms with Crippen molar-refractivity contribution in [3.05, 3.63) is 0 Å². The molecule has 59 atom stereocenters. The molecule has 11 aliphatic heterocycles. The second kappa shape index (κ2) is 52.3. The Morgan fingerprint density at radius 3 is 0.965 bits per heavy atom. The molecule has 11 fully saturated rings. The number of carbonyl (C=O) groups excluding carboxylic acids is 4. The van der Waals surface area contributed by atoms with E-state index in [4.69, 9.17) is 104 Å². The van der Waals surface area contributed by atoms with Crippen molar-refractivity contribution in [1.29, 1.82) is 0 Å². The summed E-state index contributed by atoms with van der Waals surface area (Å²) in [5.74, 6) is -4.04. The molecule has 63 heteroatoms. The van der Waals surface area contributed by atoms with Crippen molar-refractivity contribution in [3.8, 4) is 0 Å². The third-order valence-corrected chi connectivity index (χ3v) is 26.3. The zero-order valence-corrected chi connectivity index (χ0v) is 77.2. The molecule has 0 radical (unpaired) electrons. The van der Waals surface area contributed by atoms with E-state index >= 15 is 0 Å². The summed E-state index contributed by atoms with van der Waals surface area (Å²) in [5, 5.41) is 381. The van der Waals surface area contributed by atoms with Gasteiger partial charge < -0.3 is 294 Å². The second-order valence-corrected chi connectivity index (χ2v) is 36.4. The maximum atomic E-state index is 13.4. The SMILES string of the molecule is CC(=O)N[C@H]1[C@H](O[C@@H]([C@H](O)[C@H](CO)NC(C)=O)[C@H](O)CO[C@@H]2O[C@@H](C)[C@@H](O)[C@@H](O)[C@@H]2O)O[C@H](CO)[C@@H](O[C@@H]2O[C@H](CO[C@H]3O[C@H](CO)[C@@H](O)[C@H](O)[C@@H]3O[C@@H]3O[C@H](CO)[C@@H](O[C@@H]4O[C@H](CO)[C@H](O)[C@H](O[C@H]5O[C@H](CO)[C@H](O)[C@H](O)[C@H]5O)[C@H]4O[C@@H]4O[C@@H](C)[C@@H](O)[C@@H](O)[C@@H]4O)[C@H](O)[C@H]3NC(C)=O)[C@@H](O)[C@H](O[C@H]3O[C@H](CO)[C@@H](O)[C@H](O)[C@@H]3O[C@@H]3O[C@H](CO)[C@@H](O[C@@H]4O[C@H](CO)[C@H](O)[C@H](O)[C@H]4O)[C@H](O)[C@H]3NC(C)=O)[C@@H]2O)[C@@H]1O. The van der Waals surface area contributed by atoms with Crippen LogP contribution in [-0.2, 0) is 123 Å². The summed E-state index contributed by atoms with van der Waals surface area (Å²) < 4.78 is 132. The lowest BCUT2D eigenvalue weighted by atomic mass is 9.94. The molecule has 0 spiro atoms. The molecule has 0 aromatic heterocycles. The van der Waals surface area contributed by atoms with Gasteiger partial charge in [0.15, 0.2) is 69.2 Å². The van der Waals surface area contributed by atoms with Gasteiger partial charge in [-0.05, 0) is 13.8 Å². The van der Waals surface area contributed by atoms with Crippen molar-refractivity contribution in [2.45, 2.75) is 403 Å². The summed E-state index contributed by atoms with van der Waals surface area (Å²) in [6.07, 6.45) is -119. The van der Waals surface area contributed by atoms with Crippen molar-refractivity contribution in [2.24, 2.45) is 0 Å². The van der Waals surface area contributed by atoms with Gasteiger partial charge in [0.2, 0.25) is 23.6 Å². The first-order chi connectivity index (χ1) is 67.6. The topological polar surface area (TPSA) is 987 Å². The molecule has 0 aliphatic carbocycles. The lowest BCUT2D eigenvalue weighted by molar-refractivity contribution is -0.406. The molecule has 11 rings (SSSR count). The fourth-order valence-electron chi connectivity index (χ4n) is 18.3. The summed E-state index contributed by atoms with van der Waals surface area (Å²) in [7, 11) is 0. The van der Waals surface area contributed by atoms with Gasteiger partial charge in [0.25, 0.3) is 0 Å². The molecule has 0 unspecified atom stereocenters. The van der Waals surface area contributed by atoms with Gasteiger partial charge in [-0.15, -0.1) is 0 Å². The van der Waals surface area contributed by atoms with Crippen LogP contribution in [0.2, 0.25) is 0 Å². The van der Waals surface area contributed by atoms with Crippen LogP contribution in [0.1, 0.15) is 41.5 Å². The Hall–Kier alpha value is -4.32. The zero-order chi connectivity index (χ0) is 106. The maximum Gasteiger partial charge on any atom is 0.217 e. The molecule has 11 saturated heterocycles. The highest BCUT2D eigenvalue weighted by Crippen LogP contribution is 2.43. The highest BCUT2D eigenvalue weighted by atomic mass is 16.8. The fourth-order valence-corrected chi connectivity index (χ4v) is 18.3.